The number of phosphoric acid groups is 1. The molecule has 0 saturated heterocycles. The summed E-state index contributed by atoms with van der Waals surface area (Å²) in [5.74, 6) is -2.43. The SMILES string of the molecule is CC/C=C/C/C=C/C/C=C/C/C=C/C/C=C/CCCCCC(=O)O[C@@H](COC(=O)CCCCCCCCCCCCCC)COP(=O)(O)OC[C@H](N)C(=O)O. The van der Waals surface area contributed by atoms with Gasteiger partial charge in [-0.1, -0.05) is 152 Å². The number of carboxylic acid groups (broad SMARTS) is 1. The van der Waals surface area contributed by atoms with Gasteiger partial charge >= 0.3 is 25.7 Å². The predicted molar refractivity (Wildman–Crippen MR) is 221 cm³/mol. The zero-order valence-corrected chi connectivity index (χ0v) is 34.9. The number of carbonyl (C=O) groups excluding carboxylic acids is 2. The van der Waals surface area contributed by atoms with E-state index in [0.29, 0.717) is 12.8 Å². The first-order valence-electron chi connectivity index (χ1n) is 20.8. The number of rotatable bonds is 38. The fourth-order valence-electron chi connectivity index (χ4n) is 5.27. The van der Waals surface area contributed by atoms with E-state index in [1.807, 2.05) is 0 Å². The number of unbranched alkanes of at least 4 members (excludes halogenated alkanes) is 14. The summed E-state index contributed by atoms with van der Waals surface area (Å²) in [6.45, 7) is 2.64. The molecule has 0 spiro atoms. The molecule has 4 N–H and O–H groups in total. The van der Waals surface area contributed by atoms with Crippen molar-refractivity contribution in [2.45, 2.75) is 174 Å². The van der Waals surface area contributed by atoms with Crippen molar-refractivity contribution in [2.24, 2.45) is 5.73 Å². The summed E-state index contributed by atoms with van der Waals surface area (Å²) in [6.07, 6.45) is 42.9. The molecule has 0 aliphatic rings. The first-order valence-corrected chi connectivity index (χ1v) is 22.3. The highest BCUT2D eigenvalue weighted by atomic mass is 31.2. The van der Waals surface area contributed by atoms with Crippen LogP contribution in [0.5, 0.6) is 0 Å². The Morgan fingerprint density at radius 1 is 0.582 bits per heavy atom. The topological polar surface area (TPSA) is 172 Å². The van der Waals surface area contributed by atoms with E-state index in [1.54, 1.807) is 0 Å². The normalized spacial score (nSPS) is 14.4. The highest BCUT2D eigenvalue weighted by Crippen LogP contribution is 2.43. The smallest absolute Gasteiger partial charge is 0.472 e. The molecule has 0 aliphatic carbocycles. The molecule has 0 aromatic rings. The average Bonchev–Trinajstić information content (AvgIpc) is 3.16. The average molecular weight is 796 g/mol. The Kier molecular flexibility index (Phi) is 36.1. The fourth-order valence-corrected chi connectivity index (χ4v) is 6.04. The summed E-state index contributed by atoms with van der Waals surface area (Å²) in [5.41, 5.74) is 5.32. The lowest BCUT2D eigenvalue weighted by molar-refractivity contribution is -0.161. The monoisotopic (exact) mass is 796 g/mol. The molecular formula is C43H74NO10P. The van der Waals surface area contributed by atoms with E-state index in [4.69, 9.17) is 24.8 Å². The minimum atomic E-state index is -4.72. The third-order valence-electron chi connectivity index (χ3n) is 8.53. The van der Waals surface area contributed by atoms with Gasteiger partial charge in [0.2, 0.25) is 0 Å². The summed E-state index contributed by atoms with van der Waals surface area (Å²) >= 11 is 0. The lowest BCUT2D eigenvalue weighted by atomic mass is 10.0. The molecule has 0 fully saturated rings. The van der Waals surface area contributed by atoms with Crippen LogP contribution in [0.15, 0.2) is 60.8 Å². The molecule has 316 valence electrons. The maximum Gasteiger partial charge on any atom is 0.472 e. The second kappa shape index (κ2) is 38.1. The van der Waals surface area contributed by atoms with Crippen molar-refractivity contribution in [3.8, 4) is 0 Å². The Bertz CT molecular complexity index is 1170. The molecular weight excluding hydrogens is 721 g/mol. The molecule has 12 heteroatoms. The highest BCUT2D eigenvalue weighted by Gasteiger charge is 2.28. The van der Waals surface area contributed by atoms with Crippen molar-refractivity contribution in [3.63, 3.8) is 0 Å². The van der Waals surface area contributed by atoms with Gasteiger partial charge in [-0.2, -0.15) is 0 Å². The first kappa shape index (κ1) is 52.2. The largest absolute Gasteiger partial charge is 0.480 e. The minimum Gasteiger partial charge on any atom is -0.480 e. The van der Waals surface area contributed by atoms with E-state index < -0.39 is 51.1 Å². The number of allylic oxidation sites excluding steroid dienone is 10. The lowest BCUT2D eigenvalue weighted by Gasteiger charge is -2.20. The van der Waals surface area contributed by atoms with Gasteiger partial charge in [0.05, 0.1) is 13.2 Å². The summed E-state index contributed by atoms with van der Waals surface area (Å²) in [6, 6.07) is -1.53. The van der Waals surface area contributed by atoms with Crippen molar-refractivity contribution in [1.82, 2.24) is 0 Å². The van der Waals surface area contributed by atoms with Gasteiger partial charge in [-0.25, -0.2) is 4.57 Å². The number of hydrogen-bond acceptors (Lipinski definition) is 9. The van der Waals surface area contributed by atoms with Crippen LogP contribution in [-0.2, 0) is 37.5 Å². The van der Waals surface area contributed by atoms with E-state index in [1.165, 1.54) is 51.4 Å². The van der Waals surface area contributed by atoms with Gasteiger partial charge in [-0.05, 0) is 57.8 Å². The van der Waals surface area contributed by atoms with Crippen LogP contribution in [0, 0.1) is 0 Å². The van der Waals surface area contributed by atoms with E-state index in [-0.39, 0.29) is 19.4 Å². The van der Waals surface area contributed by atoms with Crippen molar-refractivity contribution in [2.75, 3.05) is 19.8 Å². The number of nitrogens with two attached hydrogens (primary N) is 1. The van der Waals surface area contributed by atoms with Crippen LogP contribution >= 0.6 is 7.82 Å². The Morgan fingerprint density at radius 2 is 1.02 bits per heavy atom. The Morgan fingerprint density at radius 3 is 1.53 bits per heavy atom. The molecule has 0 amide bonds. The van der Waals surface area contributed by atoms with E-state index in [9.17, 15) is 23.8 Å². The lowest BCUT2D eigenvalue weighted by Crippen LogP contribution is -2.34. The zero-order chi connectivity index (χ0) is 40.7. The zero-order valence-electron chi connectivity index (χ0n) is 34.0. The van der Waals surface area contributed by atoms with E-state index in [2.05, 4.69) is 79.1 Å². The van der Waals surface area contributed by atoms with Crippen molar-refractivity contribution in [3.05, 3.63) is 60.8 Å². The standard InChI is InChI=1S/C43H74NO10P/c1-3-5-7-9-11-13-15-17-18-19-20-21-22-23-25-27-29-31-33-35-42(46)54-39(37-52-55(49,50)53-38-40(44)43(47)48)36-51-41(45)34-32-30-28-26-24-16-14-12-10-8-6-4-2/h5,7,11,13,17-18,20-21,23,25,39-40H,3-4,6,8-10,12,14-16,19,22,24,26-38,44H2,1-2H3,(H,47,48)(H,49,50)/b7-5+,13-11+,18-17+,21-20+,25-23+/t39-,40-/m0/s1. The molecule has 0 rings (SSSR count). The maximum absolute atomic E-state index is 12.6. The first-order chi connectivity index (χ1) is 26.6. The van der Waals surface area contributed by atoms with Gasteiger partial charge < -0.3 is 25.2 Å². The summed E-state index contributed by atoms with van der Waals surface area (Å²) in [4.78, 5) is 45.9. The second-order valence-corrected chi connectivity index (χ2v) is 15.2. The number of hydrogen-bond donors (Lipinski definition) is 3. The molecule has 3 atom stereocenters. The number of aliphatic carboxylic acids is 1. The molecule has 55 heavy (non-hydrogen) atoms. The number of carbonyl (C=O) groups is 3. The third kappa shape index (κ3) is 37.9. The number of carboxylic acids is 1. The maximum atomic E-state index is 12.6. The summed E-state index contributed by atoms with van der Waals surface area (Å²) in [7, 11) is -4.72. The van der Waals surface area contributed by atoms with Gasteiger partial charge in [-0.3, -0.25) is 23.4 Å². The van der Waals surface area contributed by atoms with Crippen molar-refractivity contribution in [1.29, 1.82) is 0 Å². The van der Waals surface area contributed by atoms with E-state index >= 15 is 0 Å². The molecule has 0 saturated carbocycles. The van der Waals surface area contributed by atoms with Gasteiger partial charge in [0.25, 0.3) is 0 Å². The van der Waals surface area contributed by atoms with Gasteiger partial charge in [0, 0.05) is 12.8 Å². The minimum absolute atomic E-state index is 0.121. The van der Waals surface area contributed by atoms with Gasteiger partial charge in [0.15, 0.2) is 6.10 Å². The van der Waals surface area contributed by atoms with Crippen LogP contribution in [0.3, 0.4) is 0 Å². The highest BCUT2D eigenvalue weighted by molar-refractivity contribution is 7.47. The van der Waals surface area contributed by atoms with Crippen LogP contribution in [-0.4, -0.2) is 59.9 Å². The van der Waals surface area contributed by atoms with Gasteiger partial charge in [0.1, 0.15) is 12.6 Å². The van der Waals surface area contributed by atoms with Gasteiger partial charge in [-0.15, -0.1) is 0 Å². The summed E-state index contributed by atoms with van der Waals surface area (Å²) in [5, 5.41) is 8.87. The quantitative estimate of drug-likeness (QED) is 0.0235. The summed E-state index contributed by atoms with van der Waals surface area (Å²) < 4.78 is 32.6. The van der Waals surface area contributed by atoms with Crippen LogP contribution in [0.4, 0.5) is 0 Å². The number of ether oxygens (including phenoxy) is 2. The Hall–Kier alpha value is -2.82. The van der Waals surface area contributed by atoms with Crippen LogP contribution in [0.25, 0.3) is 0 Å². The molecule has 1 unspecified atom stereocenters. The predicted octanol–water partition coefficient (Wildman–Crippen LogP) is 10.8. The molecule has 0 bridgehead atoms. The van der Waals surface area contributed by atoms with Crippen molar-refractivity contribution >= 4 is 25.7 Å². The van der Waals surface area contributed by atoms with Crippen molar-refractivity contribution < 1.29 is 47.5 Å². The molecule has 0 heterocycles. The van der Waals surface area contributed by atoms with E-state index in [0.717, 1.165) is 70.6 Å². The van der Waals surface area contributed by atoms with Crippen LogP contribution in [0.1, 0.15) is 162 Å². The van der Waals surface area contributed by atoms with Crippen LogP contribution < -0.4 is 5.73 Å². The molecule has 0 aliphatic heterocycles. The molecule has 11 nitrogen and oxygen atoms in total. The molecule has 0 aromatic carbocycles. The third-order valence-corrected chi connectivity index (χ3v) is 9.48. The molecule has 0 aromatic heterocycles. The van der Waals surface area contributed by atoms with Crippen LogP contribution in [0.2, 0.25) is 0 Å². The second-order valence-electron chi connectivity index (χ2n) is 13.7. The number of esters is 2. The molecule has 0 radical (unpaired) electrons. The Labute approximate surface area is 332 Å². The fraction of sp³-hybridized carbons (Fsp3) is 0.698. The number of phosphoric ester groups is 1. The Balaban J connectivity index is 4.46.